The van der Waals surface area contributed by atoms with Crippen molar-refractivity contribution >= 4 is 33.6 Å². The van der Waals surface area contributed by atoms with Crippen LogP contribution in [0.4, 0.5) is 10.5 Å². The van der Waals surface area contributed by atoms with Gasteiger partial charge in [-0.25, -0.2) is 9.59 Å². The second-order valence-corrected chi connectivity index (χ2v) is 5.57. The van der Waals surface area contributed by atoms with Crippen LogP contribution in [0.5, 0.6) is 0 Å². The zero-order chi connectivity index (χ0) is 15.5. The summed E-state index contributed by atoms with van der Waals surface area (Å²) < 4.78 is 0.701. The number of rotatable bonds is 3. The molecular formula is C13H14BrN3O3. The number of carboxylic acids is 1. The van der Waals surface area contributed by atoms with E-state index in [1.54, 1.807) is 18.2 Å². The second-order valence-electron chi connectivity index (χ2n) is 4.66. The molecule has 106 valence electrons. The van der Waals surface area contributed by atoms with E-state index in [4.69, 9.17) is 10.4 Å². The van der Waals surface area contributed by atoms with Gasteiger partial charge in [0.15, 0.2) is 0 Å². The number of hydrogen-bond donors (Lipinski definition) is 2. The van der Waals surface area contributed by atoms with Gasteiger partial charge in [-0.1, -0.05) is 15.9 Å². The van der Waals surface area contributed by atoms with E-state index in [9.17, 15) is 9.59 Å². The predicted octanol–water partition coefficient (Wildman–Crippen LogP) is 2.65. The third-order valence-electron chi connectivity index (χ3n) is 3.01. The first-order valence-corrected chi connectivity index (χ1v) is 6.47. The van der Waals surface area contributed by atoms with Gasteiger partial charge < -0.3 is 15.3 Å². The number of hydrogen-bond acceptors (Lipinski definition) is 3. The van der Waals surface area contributed by atoms with E-state index in [0.717, 1.165) is 4.90 Å². The molecule has 20 heavy (non-hydrogen) atoms. The minimum Gasteiger partial charge on any atom is -0.480 e. The van der Waals surface area contributed by atoms with Crippen LogP contribution in [0.1, 0.15) is 19.4 Å². The molecule has 0 spiro atoms. The summed E-state index contributed by atoms with van der Waals surface area (Å²) in [5.41, 5.74) is -0.744. The molecule has 0 saturated heterocycles. The molecule has 0 aliphatic heterocycles. The van der Waals surface area contributed by atoms with Gasteiger partial charge in [-0.2, -0.15) is 5.26 Å². The molecule has 0 fully saturated rings. The number of carbonyl (C=O) groups is 2. The fourth-order valence-corrected chi connectivity index (χ4v) is 1.67. The summed E-state index contributed by atoms with van der Waals surface area (Å²) >= 11 is 3.25. The molecule has 0 saturated carbocycles. The summed E-state index contributed by atoms with van der Waals surface area (Å²) in [5, 5.41) is 20.6. The number of urea groups is 1. The van der Waals surface area contributed by atoms with Crippen molar-refractivity contribution in [1.82, 2.24) is 4.90 Å². The number of carboxylic acid groups (broad SMARTS) is 1. The molecule has 1 aromatic carbocycles. The number of aliphatic carboxylic acids is 1. The van der Waals surface area contributed by atoms with Crippen LogP contribution >= 0.6 is 15.9 Å². The Bertz CT molecular complexity index is 593. The molecule has 0 heterocycles. The Hall–Kier alpha value is -2.07. The Balaban J connectivity index is 3.00. The summed E-state index contributed by atoms with van der Waals surface area (Å²) in [5.74, 6) is -1.12. The maximum atomic E-state index is 12.1. The van der Waals surface area contributed by atoms with E-state index < -0.39 is 17.5 Å². The third-order valence-corrected chi connectivity index (χ3v) is 3.50. The van der Waals surface area contributed by atoms with Gasteiger partial charge in [-0.05, 0) is 32.0 Å². The van der Waals surface area contributed by atoms with E-state index in [2.05, 4.69) is 21.2 Å². The van der Waals surface area contributed by atoms with Gasteiger partial charge in [0.05, 0.1) is 11.3 Å². The summed E-state index contributed by atoms with van der Waals surface area (Å²) in [6.45, 7) is 2.84. The molecule has 0 aliphatic carbocycles. The average Bonchev–Trinajstić information content (AvgIpc) is 2.37. The molecule has 0 radical (unpaired) electrons. The van der Waals surface area contributed by atoms with Crippen LogP contribution in [0, 0.1) is 11.3 Å². The Labute approximate surface area is 125 Å². The van der Waals surface area contributed by atoms with Crippen LogP contribution in [0.25, 0.3) is 0 Å². The topological polar surface area (TPSA) is 93.4 Å². The minimum atomic E-state index is -1.36. The van der Waals surface area contributed by atoms with Gasteiger partial charge in [0.2, 0.25) is 0 Å². The van der Waals surface area contributed by atoms with Gasteiger partial charge in [0.25, 0.3) is 0 Å². The zero-order valence-electron chi connectivity index (χ0n) is 11.3. The first-order chi connectivity index (χ1) is 9.20. The lowest BCUT2D eigenvalue weighted by Gasteiger charge is -2.31. The van der Waals surface area contributed by atoms with E-state index in [1.165, 1.54) is 20.9 Å². The molecule has 7 heteroatoms. The number of nitrogens with one attached hydrogen (secondary N) is 1. The molecule has 1 aromatic rings. The number of halogens is 1. The Morgan fingerprint density at radius 2 is 2.05 bits per heavy atom. The lowest BCUT2D eigenvalue weighted by molar-refractivity contribution is -0.146. The molecule has 6 nitrogen and oxygen atoms in total. The number of anilines is 1. The second kappa shape index (κ2) is 5.92. The molecule has 2 N–H and O–H groups in total. The number of likely N-dealkylation sites (N-methyl/N-ethyl adjacent to an activating group) is 1. The highest BCUT2D eigenvalue weighted by Crippen LogP contribution is 2.22. The van der Waals surface area contributed by atoms with Gasteiger partial charge >= 0.3 is 12.0 Å². The Morgan fingerprint density at radius 3 is 2.55 bits per heavy atom. The van der Waals surface area contributed by atoms with Crippen LogP contribution in [0.15, 0.2) is 22.7 Å². The third kappa shape index (κ3) is 3.27. The van der Waals surface area contributed by atoms with Gasteiger partial charge in [0, 0.05) is 11.5 Å². The largest absolute Gasteiger partial charge is 0.480 e. The lowest BCUT2D eigenvalue weighted by atomic mass is 10.0. The summed E-state index contributed by atoms with van der Waals surface area (Å²) in [6.07, 6.45) is 0. The Kier molecular flexibility index (Phi) is 4.73. The van der Waals surface area contributed by atoms with E-state index in [0.29, 0.717) is 15.7 Å². The average molecular weight is 340 g/mol. The van der Waals surface area contributed by atoms with Crippen molar-refractivity contribution in [3.05, 3.63) is 28.2 Å². The van der Waals surface area contributed by atoms with Crippen LogP contribution < -0.4 is 5.32 Å². The number of nitriles is 1. The standard InChI is InChI=1S/C13H14BrN3O3/c1-13(2,11(18)19)17(3)12(20)16-10-6-9(14)5-4-8(10)7-15/h4-6H,1-3H3,(H,16,20)(H,18,19). The van der Waals surface area contributed by atoms with Gasteiger partial charge in [0.1, 0.15) is 11.6 Å². The van der Waals surface area contributed by atoms with Crippen molar-refractivity contribution in [2.24, 2.45) is 0 Å². The van der Waals surface area contributed by atoms with Crippen LogP contribution in [0.2, 0.25) is 0 Å². The Morgan fingerprint density at radius 1 is 1.45 bits per heavy atom. The van der Waals surface area contributed by atoms with Crippen molar-refractivity contribution in [2.75, 3.05) is 12.4 Å². The number of amides is 2. The van der Waals surface area contributed by atoms with Crippen molar-refractivity contribution < 1.29 is 14.7 Å². The summed E-state index contributed by atoms with van der Waals surface area (Å²) in [4.78, 5) is 24.3. The first-order valence-electron chi connectivity index (χ1n) is 5.68. The highest BCUT2D eigenvalue weighted by atomic mass is 79.9. The van der Waals surface area contributed by atoms with E-state index in [-0.39, 0.29) is 0 Å². The highest BCUT2D eigenvalue weighted by molar-refractivity contribution is 9.10. The van der Waals surface area contributed by atoms with Crippen molar-refractivity contribution in [3.63, 3.8) is 0 Å². The molecule has 0 atom stereocenters. The fourth-order valence-electron chi connectivity index (χ4n) is 1.31. The normalized spacial score (nSPS) is 10.6. The molecule has 0 aromatic heterocycles. The minimum absolute atomic E-state index is 0.295. The maximum Gasteiger partial charge on any atom is 0.329 e. The molecule has 0 bridgehead atoms. The SMILES string of the molecule is CN(C(=O)Nc1cc(Br)ccc1C#N)C(C)(C)C(=O)O. The predicted molar refractivity (Wildman–Crippen MR) is 77.4 cm³/mol. The van der Waals surface area contributed by atoms with Gasteiger partial charge in [-0.3, -0.25) is 0 Å². The lowest BCUT2D eigenvalue weighted by Crippen LogP contribution is -2.52. The quantitative estimate of drug-likeness (QED) is 0.885. The van der Waals surface area contributed by atoms with Gasteiger partial charge in [-0.15, -0.1) is 0 Å². The monoisotopic (exact) mass is 339 g/mol. The molecule has 0 unspecified atom stereocenters. The zero-order valence-corrected chi connectivity index (χ0v) is 12.9. The number of nitrogens with zero attached hydrogens (tertiary/aromatic N) is 2. The number of benzene rings is 1. The van der Waals surface area contributed by atoms with Crippen molar-refractivity contribution in [1.29, 1.82) is 5.26 Å². The van der Waals surface area contributed by atoms with Crippen molar-refractivity contribution in [3.8, 4) is 6.07 Å². The van der Waals surface area contributed by atoms with Crippen LogP contribution in [-0.2, 0) is 4.79 Å². The molecule has 0 aliphatic rings. The highest BCUT2D eigenvalue weighted by Gasteiger charge is 2.35. The summed E-state index contributed by atoms with van der Waals surface area (Å²) in [6, 6.07) is 6.17. The maximum absolute atomic E-state index is 12.1. The molecule has 2 amide bonds. The molecular weight excluding hydrogens is 326 g/mol. The fraction of sp³-hybridized carbons (Fsp3) is 0.308. The molecule has 1 rings (SSSR count). The van der Waals surface area contributed by atoms with Crippen molar-refractivity contribution in [2.45, 2.75) is 19.4 Å². The smallest absolute Gasteiger partial charge is 0.329 e. The van der Waals surface area contributed by atoms with E-state index in [1.807, 2.05) is 6.07 Å². The number of carbonyl (C=O) groups excluding carboxylic acids is 1. The van der Waals surface area contributed by atoms with Crippen LogP contribution in [-0.4, -0.2) is 34.6 Å². The van der Waals surface area contributed by atoms with Crippen LogP contribution in [0.3, 0.4) is 0 Å². The summed E-state index contributed by atoms with van der Waals surface area (Å²) in [7, 11) is 1.38. The van der Waals surface area contributed by atoms with E-state index >= 15 is 0 Å². The first kappa shape index (κ1) is 16.0.